The van der Waals surface area contributed by atoms with Crippen LogP contribution < -0.4 is 57.3 Å². The number of Topliss-reactive ketones (excluding diaryl/α,β-unsaturated/α-hetero) is 1. The molecule has 0 aromatic heterocycles. The van der Waals surface area contributed by atoms with E-state index in [0.29, 0.717) is 124 Å². The Labute approximate surface area is 569 Å². The molecule has 2 aliphatic carbocycles. The van der Waals surface area contributed by atoms with Gasteiger partial charge in [0.05, 0.1) is 47.6 Å². The fourth-order valence-corrected chi connectivity index (χ4v) is 13.4. The largest absolute Gasteiger partial charge is 0.519 e. The highest BCUT2D eigenvalue weighted by atomic mass is 16.7. The van der Waals surface area contributed by atoms with Crippen LogP contribution in [0.4, 0.5) is 10.5 Å². The van der Waals surface area contributed by atoms with Gasteiger partial charge in [-0.2, -0.15) is 0 Å². The van der Waals surface area contributed by atoms with Crippen molar-refractivity contribution in [3.63, 3.8) is 0 Å². The molecule has 2 aliphatic heterocycles. The fourth-order valence-electron chi connectivity index (χ4n) is 13.4. The number of nitrogens with two attached hydrogens (primary N) is 4. The van der Waals surface area contributed by atoms with E-state index >= 15 is 0 Å². The number of rotatable bonds is 33. The van der Waals surface area contributed by atoms with E-state index in [9.17, 15) is 44.0 Å². The molecule has 0 saturated carbocycles. The molecule has 1 saturated heterocycles. The van der Waals surface area contributed by atoms with Gasteiger partial charge in [-0.1, -0.05) is 67.4 Å². The average molecular weight is 1350 g/mol. The molecule has 25 heteroatoms. The number of unbranched alkanes of at least 4 members (excludes halogenated alkanes) is 3. The molecular weight excluding hydrogens is 1260 g/mol. The SMILES string of the molecule is COc1ccc2c3c1O[C@H]1C(OC(=O)Oc4ccc([N+](=O)[O-])cc4)=CC[C@@]4(O)[C@@H](C2)N(C)CC[C@]314.N=C(N)c1ccc2cc(OC(=O)c3ccc(OCCNC(=O)[C@H](CCCCN)CC(=O)[C@H](CCCCN)NC(=O)[C@H](CCCCN)CC(=O)OCc4ccccc4)cc3)ccc2c1.[HH]. The standard InChI is InChI=1S/C48H63N7O8.C25H24N2O8.H2/c49-23-7-4-12-38(30-43(56)42(14-6-9-25-51)55-47(59)39(13-5-8-24-50)31-44(57)62-32-33-10-2-1-3-11-33)46(58)54-26-27-61-40-20-17-34(18-21-40)48(60)63-41-22-19-35-28-37(45(52)53)16-15-36(35)29-41;1-26-12-11-24-20-14-3-8-17(32-2)21(20)35-22(24)18(9-10-25(24,29)19(26)13-14)34-23(28)33-16-6-4-15(5-7-16)27(30)31;/h1-3,10-11,15-22,28-29,38-39,42H,4-9,12-14,23-27,30-32,49-51H2,(H3,52,53)(H,54,58)(H,55,59);3-9,19,22,29H,10-13H2,1-2H3;1H/t38-,39-,42+;19-,22+,24+,25-;/m11./s1. The van der Waals surface area contributed by atoms with E-state index in [4.69, 9.17) is 61.5 Å². The van der Waals surface area contributed by atoms with Gasteiger partial charge in [0.2, 0.25) is 11.8 Å². The first-order valence-electron chi connectivity index (χ1n) is 33.2. The lowest BCUT2D eigenvalue weighted by Gasteiger charge is -2.61. The molecule has 522 valence electrons. The van der Waals surface area contributed by atoms with E-state index in [0.717, 1.165) is 34.0 Å². The van der Waals surface area contributed by atoms with Crippen LogP contribution in [0, 0.1) is 27.4 Å². The first kappa shape index (κ1) is 72.5. The monoisotopic (exact) mass is 1350 g/mol. The number of hydrogen-bond acceptors (Lipinski definition) is 21. The Bertz CT molecular complexity index is 3860. The summed E-state index contributed by atoms with van der Waals surface area (Å²) in [6.45, 7) is 2.42. The Hall–Kier alpha value is -9.79. The van der Waals surface area contributed by atoms with Crippen molar-refractivity contribution in [2.24, 2.45) is 34.8 Å². The van der Waals surface area contributed by atoms with Gasteiger partial charge < -0.3 is 76.7 Å². The number of aliphatic hydroxyl groups is 1. The number of carbonyl (C=O) groups excluding carboxylic acids is 6. The van der Waals surface area contributed by atoms with Crippen LogP contribution in [0.3, 0.4) is 0 Å². The molecule has 6 aromatic carbocycles. The van der Waals surface area contributed by atoms with Crippen molar-refractivity contribution < 1.29 is 73.4 Å². The van der Waals surface area contributed by atoms with Crippen LogP contribution in [0.15, 0.2) is 139 Å². The molecule has 1 fully saturated rings. The number of nitrogens with zero attached hydrogens (tertiary/aromatic N) is 2. The zero-order valence-electron chi connectivity index (χ0n) is 55.2. The summed E-state index contributed by atoms with van der Waals surface area (Å²) >= 11 is 0. The van der Waals surface area contributed by atoms with Gasteiger partial charge in [0.15, 0.2) is 23.4 Å². The molecule has 2 amide bonds. The van der Waals surface area contributed by atoms with E-state index < -0.39 is 63.9 Å². The minimum atomic E-state index is -1.11. The van der Waals surface area contributed by atoms with Crippen molar-refractivity contribution in [3.8, 4) is 28.7 Å². The van der Waals surface area contributed by atoms with Crippen molar-refractivity contribution in [2.45, 2.75) is 126 Å². The molecule has 2 bridgehead atoms. The van der Waals surface area contributed by atoms with E-state index in [2.05, 4.69) is 15.5 Å². The number of amidine groups is 1. The molecule has 6 aromatic rings. The summed E-state index contributed by atoms with van der Waals surface area (Å²) in [4.78, 5) is 92.2. The van der Waals surface area contributed by atoms with E-state index in [1.165, 1.54) is 24.3 Å². The quantitative estimate of drug-likeness (QED) is 0.00280. The molecule has 0 radical (unpaired) electrons. The highest BCUT2D eigenvalue weighted by Crippen LogP contribution is 2.65. The molecule has 7 atom stereocenters. The van der Waals surface area contributed by atoms with Crippen molar-refractivity contribution >= 4 is 58.0 Å². The third-order valence-electron chi connectivity index (χ3n) is 18.6. The first-order chi connectivity index (χ1) is 47.3. The number of non-ortho nitro benzene ring substituents is 1. The third-order valence-corrected chi connectivity index (χ3v) is 18.6. The molecule has 25 nitrogen and oxygen atoms in total. The number of nitrogens with one attached hydrogen (secondary N) is 3. The lowest BCUT2D eigenvalue weighted by atomic mass is 9.50. The van der Waals surface area contributed by atoms with Crippen LogP contribution in [-0.4, -0.2) is 134 Å². The van der Waals surface area contributed by atoms with E-state index in [1.807, 2.05) is 55.6 Å². The predicted octanol–water partition coefficient (Wildman–Crippen LogP) is 8.38. The van der Waals surface area contributed by atoms with Crippen molar-refractivity contribution in [2.75, 3.05) is 53.5 Å². The number of methoxy groups -OCH3 is 1. The van der Waals surface area contributed by atoms with Gasteiger partial charge in [0.1, 0.15) is 42.1 Å². The van der Waals surface area contributed by atoms with Gasteiger partial charge in [0.25, 0.3) is 5.69 Å². The van der Waals surface area contributed by atoms with Crippen molar-refractivity contribution in [3.05, 3.63) is 177 Å². The molecule has 12 N–H and O–H groups in total. The van der Waals surface area contributed by atoms with Crippen LogP contribution >= 0.6 is 0 Å². The zero-order chi connectivity index (χ0) is 69.9. The average Bonchev–Trinajstić information content (AvgIpc) is 1.58. The second kappa shape index (κ2) is 33.9. The number of ether oxygens (including phenoxy) is 7. The number of amides is 2. The Balaban J connectivity index is 0.000000290. The van der Waals surface area contributed by atoms with Gasteiger partial charge >= 0.3 is 18.1 Å². The topological polar surface area (TPSA) is 386 Å². The normalized spacial score (nSPS) is 18.7. The maximum Gasteiger partial charge on any atom is 0.519 e. The summed E-state index contributed by atoms with van der Waals surface area (Å²) in [7, 11) is 3.59. The maximum atomic E-state index is 13.9. The Morgan fingerprint density at radius 3 is 2.08 bits per heavy atom. The minimum absolute atomic E-state index is 0. The lowest BCUT2D eigenvalue weighted by molar-refractivity contribution is -0.384. The highest BCUT2D eigenvalue weighted by Gasteiger charge is 2.72. The summed E-state index contributed by atoms with van der Waals surface area (Å²) in [6, 6.07) is 34.3. The number of hydrogen-bond donors (Lipinski definition) is 8. The number of nitro benzene ring substituents is 1. The highest BCUT2D eigenvalue weighted by molar-refractivity contribution is 6.00. The molecule has 2 heterocycles. The van der Waals surface area contributed by atoms with Crippen LogP contribution in [0.25, 0.3) is 10.8 Å². The summed E-state index contributed by atoms with van der Waals surface area (Å²) in [5.74, 6) is -1.12. The number of benzene rings is 6. The summed E-state index contributed by atoms with van der Waals surface area (Å²) in [5, 5.41) is 38.1. The van der Waals surface area contributed by atoms with Gasteiger partial charge in [-0.25, -0.2) is 9.59 Å². The van der Waals surface area contributed by atoms with Crippen molar-refractivity contribution in [1.82, 2.24) is 15.5 Å². The van der Waals surface area contributed by atoms with Crippen LogP contribution in [-0.2, 0) is 47.1 Å². The number of nitrogen functional groups attached to an aromatic ring is 1. The molecule has 0 unspecified atom stereocenters. The van der Waals surface area contributed by atoms with Gasteiger partial charge in [-0.15, -0.1) is 0 Å². The van der Waals surface area contributed by atoms with Crippen LogP contribution in [0.1, 0.15) is 118 Å². The smallest absolute Gasteiger partial charge is 0.493 e. The number of fused-ring (bicyclic) bond motifs is 1. The summed E-state index contributed by atoms with van der Waals surface area (Å²) in [6.07, 6.45) is 6.34. The third kappa shape index (κ3) is 17.5. The van der Waals surface area contributed by atoms with Gasteiger partial charge in [-0.3, -0.25) is 34.7 Å². The van der Waals surface area contributed by atoms with Crippen LogP contribution in [0.2, 0.25) is 0 Å². The van der Waals surface area contributed by atoms with Gasteiger partial charge in [0, 0.05) is 55.4 Å². The number of ketones is 1. The number of piperidine rings is 1. The predicted molar refractivity (Wildman–Crippen MR) is 367 cm³/mol. The lowest BCUT2D eigenvalue weighted by Crippen LogP contribution is -2.74. The minimum Gasteiger partial charge on any atom is -0.493 e. The van der Waals surface area contributed by atoms with E-state index in [-0.39, 0.29) is 81.2 Å². The molecule has 98 heavy (non-hydrogen) atoms. The van der Waals surface area contributed by atoms with E-state index in [1.54, 1.807) is 67.8 Å². The van der Waals surface area contributed by atoms with Gasteiger partial charge in [-0.05, 0) is 180 Å². The molecule has 10 rings (SSSR count). The molecule has 1 spiro atoms. The first-order valence-corrected chi connectivity index (χ1v) is 33.2. The Kier molecular flexibility index (Phi) is 25.1. The zero-order valence-corrected chi connectivity index (χ0v) is 55.2. The number of likely N-dealkylation sites (N-methyl/N-ethyl adjacent to an activating group) is 1. The maximum absolute atomic E-state index is 13.9. The number of carbonyl (C=O) groups is 6. The molecular formula is C73H89N9O16. The molecule has 4 aliphatic rings. The second-order valence-corrected chi connectivity index (χ2v) is 25.0. The summed E-state index contributed by atoms with van der Waals surface area (Å²) < 4.78 is 39.8. The Morgan fingerprint density at radius 2 is 1.41 bits per heavy atom. The number of likely N-dealkylation sites (tertiary alicyclic amines) is 1. The fraction of sp³-hybridized carbons (Fsp3) is 0.411. The summed E-state index contributed by atoms with van der Waals surface area (Å²) in [5.41, 5.74) is 24.6. The Morgan fingerprint density at radius 1 is 0.765 bits per heavy atom. The second-order valence-electron chi connectivity index (χ2n) is 25.0. The number of esters is 2. The van der Waals surface area contributed by atoms with Crippen LogP contribution in [0.5, 0.6) is 28.7 Å². The number of nitro groups is 1. The van der Waals surface area contributed by atoms with Crippen molar-refractivity contribution in [1.29, 1.82) is 5.41 Å².